The van der Waals surface area contributed by atoms with Gasteiger partial charge >= 0.3 is 0 Å². The van der Waals surface area contributed by atoms with E-state index in [1.807, 2.05) is 0 Å². The van der Waals surface area contributed by atoms with E-state index in [0.717, 1.165) is 5.75 Å². The number of methoxy groups -OCH3 is 1. The molecule has 0 aliphatic rings. The molecule has 0 radical (unpaired) electrons. The Labute approximate surface area is 118 Å². The molecule has 19 heavy (non-hydrogen) atoms. The highest BCUT2D eigenvalue weighted by atomic mass is 16.5. The highest BCUT2D eigenvalue weighted by molar-refractivity contribution is 5.37. The van der Waals surface area contributed by atoms with Crippen LogP contribution in [0, 0.1) is 12.8 Å². The molecule has 0 spiro atoms. The maximum Gasteiger partial charge on any atom is 0.119 e. The van der Waals surface area contributed by atoms with E-state index in [-0.39, 0.29) is 0 Å². The zero-order chi connectivity index (χ0) is 14.3. The second kappa shape index (κ2) is 8.21. The van der Waals surface area contributed by atoms with E-state index in [2.05, 4.69) is 51.3 Å². The molecular formula is C17H29NO. The summed E-state index contributed by atoms with van der Waals surface area (Å²) in [7, 11) is 3.79. The Morgan fingerprint density at radius 3 is 2.47 bits per heavy atom. The van der Waals surface area contributed by atoms with Crippen LogP contribution in [0.4, 0.5) is 0 Å². The number of unbranched alkanes of at least 4 members (excludes halogenated alkanes) is 1. The molecule has 2 unspecified atom stereocenters. The molecule has 2 nitrogen and oxygen atoms in total. The summed E-state index contributed by atoms with van der Waals surface area (Å²) < 4.78 is 5.29. The molecule has 0 aliphatic heterocycles. The first-order chi connectivity index (χ1) is 9.17. The summed E-state index contributed by atoms with van der Waals surface area (Å²) in [5.41, 5.74) is 2.72. The zero-order valence-corrected chi connectivity index (χ0v) is 13.1. The molecule has 0 amide bonds. The number of nitrogens with one attached hydrogen (secondary N) is 1. The average Bonchev–Trinajstić information content (AvgIpc) is 2.44. The number of benzene rings is 1. The van der Waals surface area contributed by atoms with E-state index in [9.17, 15) is 0 Å². The van der Waals surface area contributed by atoms with Gasteiger partial charge in [-0.2, -0.15) is 0 Å². The molecule has 0 aromatic heterocycles. The van der Waals surface area contributed by atoms with E-state index in [1.54, 1.807) is 7.11 Å². The second-order valence-corrected chi connectivity index (χ2v) is 5.30. The topological polar surface area (TPSA) is 21.3 Å². The molecule has 0 fully saturated rings. The van der Waals surface area contributed by atoms with E-state index < -0.39 is 0 Å². The molecule has 0 aliphatic carbocycles. The van der Waals surface area contributed by atoms with Crippen LogP contribution in [0.15, 0.2) is 18.2 Å². The van der Waals surface area contributed by atoms with Gasteiger partial charge < -0.3 is 10.1 Å². The minimum absolute atomic E-state index is 0.447. The highest BCUT2D eigenvalue weighted by Crippen LogP contribution is 2.32. The summed E-state index contributed by atoms with van der Waals surface area (Å²) in [6, 6.07) is 6.86. The average molecular weight is 263 g/mol. The zero-order valence-electron chi connectivity index (χ0n) is 13.1. The number of aryl methyl sites for hydroxylation is 1. The lowest BCUT2D eigenvalue weighted by atomic mass is 9.85. The van der Waals surface area contributed by atoms with Gasteiger partial charge in [0.2, 0.25) is 0 Å². The first-order valence-corrected chi connectivity index (χ1v) is 7.49. The standard InChI is InChI=1S/C17H29NO/c1-6-8-9-14(7-2)17(18-4)16-11-10-15(19-5)12-13(16)3/h10-12,14,17-18H,6-9H2,1-5H3. The predicted molar refractivity (Wildman–Crippen MR) is 82.8 cm³/mol. The number of rotatable bonds is 8. The molecule has 1 N–H and O–H groups in total. The second-order valence-electron chi connectivity index (χ2n) is 5.30. The smallest absolute Gasteiger partial charge is 0.119 e. The van der Waals surface area contributed by atoms with Gasteiger partial charge in [0.1, 0.15) is 5.75 Å². The predicted octanol–water partition coefficient (Wildman–Crippen LogP) is 4.48. The van der Waals surface area contributed by atoms with Crippen molar-refractivity contribution in [2.45, 2.75) is 52.5 Å². The van der Waals surface area contributed by atoms with Crippen molar-refractivity contribution in [3.8, 4) is 5.75 Å². The quantitative estimate of drug-likeness (QED) is 0.746. The maximum atomic E-state index is 5.29. The van der Waals surface area contributed by atoms with Crippen molar-refractivity contribution >= 4 is 0 Å². The Morgan fingerprint density at radius 2 is 2.00 bits per heavy atom. The lowest BCUT2D eigenvalue weighted by Crippen LogP contribution is -2.25. The first kappa shape index (κ1) is 16.0. The maximum absolute atomic E-state index is 5.29. The van der Waals surface area contributed by atoms with Crippen molar-refractivity contribution in [3.63, 3.8) is 0 Å². The minimum atomic E-state index is 0.447. The van der Waals surface area contributed by atoms with Crippen molar-refractivity contribution in [2.75, 3.05) is 14.2 Å². The lowest BCUT2D eigenvalue weighted by molar-refractivity contribution is 0.337. The van der Waals surface area contributed by atoms with Gasteiger partial charge in [-0.3, -0.25) is 0 Å². The molecule has 0 bridgehead atoms. The van der Waals surface area contributed by atoms with E-state index >= 15 is 0 Å². The van der Waals surface area contributed by atoms with Crippen molar-refractivity contribution in [2.24, 2.45) is 5.92 Å². The lowest BCUT2D eigenvalue weighted by Gasteiger charge is -2.28. The molecule has 1 rings (SSSR count). The Hall–Kier alpha value is -1.02. The number of ether oxygens (including phenoxy) is 1. The fourth-order valence-electron chi connectivity index (χ4n) is 2.84. The van der Waals surface area contributed by atoms with Crippen LogP contribution in [-0.2, 0) is 0 Å². The van der Waals surface area contributed by atoms with Crippen molar-refractivity contribution < 1.29 is 4.74 Å². The SMILES string of the molecule is CCCCC(CC)C(NC)c1ccc(OC)cc1C. The van der Waals surface area contributed by atoms with Gasteiger partial charge in [0, 0.05) is 6.04 Å². The van der Waals surface area contributed by atoms with Crippen LogP contribution in [0.25, 0.3) is 0 Å². The summed E-state index contributed by atoms with van der Waals surface area (Å²) >= 11 is 0. The highest BCUT2D eigenvalue weighted by Gasteiger charge is 2.21. The Morgan fingerprint density at radius 1 is 1.26 bits per heavy atom. The molecule has 1 aromatic carbocycles. The van der Waals surface area contributed by atoms with E-state index in [4.69, 9.17) is 4.74 Å². The third kappa shape index (κ3) is 4.24. The van der Waals surface area contributed by atoms with E-state index in [0.29, 0.717) is 12.0 Å². The molecule has 2 heteroatoms. The van der Waals surface area contributed by atoms with Crippen LogP contribution in [0.3, 0.4) is 0 Å². The normalized spacial score (nSPS) is 14.2. The van der Waals surface area contributed by atoms with Gasteiger partial charge in [-0.25, -0.2) is 0 Å². The number of hydrogen-bond donors (Lipinski definition) is 1. The van der Waals surface area contributed by atoms with Gasteiger partial charge in [0.05, 0.1) is 7.11 Å². The third-order valence-electron chi connectivity index (χ3n) is 4.05. The third-order valence-corrected chi connectivity index (χ3v) is 4.05. The van der Waals surface area contributed by atoms with Gasteiger partial charge in [-0.1, -0.05) is 39.2 Å². The van der Waals surface area contributed by atoms with Gasteiger partial charge in [-0.05, 0) is 49.6 Å². The molecule has 0 saturated heterocycles. The van der Waals surface area contributed by atoms with Crippen molar-refractivity contribution in [1.82, 2.24) is 5.32 Å². The Balaban J connectivity index is 2.94. The van der Waals surface area contributed by atoms with Crippen LogP contribution in [0.1, 0.15) is 56.7 Å². The van der Waals surface area contributed by atoms with Crippen molar-refractivity contribution in [3.05, 3.63) is 29.3 Å². The molecule has 108 valence electrons. The van der Waals surface area contributed by atoms with Crippen LogP contribution in [0.2, 0.25) is 0 Å². The molecular weight excluding hydrogens is 234 g/mol. The van der Waals surface area contributed by atoms with Crippen LogP contribution in [-0.4, -0.2) is 14.2 Å². The van der Waals surface area contributed by atoms with Gasteiger partial charge in [0.15, 0.2) is 0 Å². The van der Waals surface area contributed by atoms with Crippen LogP contribution >= 0.6 is 0 Å². The van der Waals surface area contributed by atoms with Crippen molar-refractivity contribution in [1.29, 1.82) is 0 Å². The van der Waals surface area contributed by atoms with Crippen LogP contribution < -0.4 is 10.1 Å². The van der Waals surface area contributed by atoms with E-state index in [1.165, 1.54) is 36.8 Å². The summed E-state index contributed by atoms with van der Waals surface area (Å²) in [6.45, 7) is 6.73. The minimum Gasteiger partial charge on any atom is -0.497 e. The molecule has 0 heterocycles. The largest absolute Gasteiger partial charge is 0.497 e. The Kier molecular flexibility index (Phi) is 6.93. The van der Waals surface area contributed by atoms with Gasteiger partial charge in [-0.15, -0.1) is 0 Å². The summed E-state index contributed by atoms with van der Waals surface area (Å²) in [5, 5.41) is 3.52. The first-order valence-electron chi connectivity index (χ1n) is 7.49. The Bertz CT molecular complexity index is 376. The molecule has 1 aromatic rings. The number of hydrogen-bond acceptors (Lipinski definition) is 2. The van der Waals surface area contributed by atoms with Crippen LogP contribution in [0.5, 0.6) is 5.75 Å². The fourth-order valence-corrected chi connectivity index (χ4v) is 2.84. The summed E-state index contributed by atoms with van der Waals surface area (Å²) in [6.07, 6.45) is 5.10. The molecule has 0 saturated carbocycles. The summed E-state index contributed by atoms with van der Waals surface area (Å²) in [4.78, 5) is 0. The summed E-state index contributed by atoms with van der Waals surface area (Å²) in [5.74, 6) is 1.65. The fraction of sp³-hybridized carbons (Fsp3) is 0.647. The molecule has 2 atom stereocenters. The van der Waals surface area contributed by atoms with Gasteiger partial charge in [0.25, 0.3) is 0 Å². The monoisotopic (exact) mass is 263 g/mol.